The molecule has 0 saturated carbocycles. The summed E-state index contributed by atoms with van der Waals surface area (Å²) in [5.74, 6) is 1.55. The Morgan fingerprint density at radius 2 is 1.88 bits per heavy atom. The molecule has 2 aromatic rings. The highest BCUT2D eigenvalue weighted by Crippen LogP contribution is 2.36. The van der Waals surface area contributed by atoms with Gasteiger partial charge in [0.25, 0.3) is 0 Å². The van der Waals surface area contributed by atoms with Crippen LogP contribution in [0.25, 0.3) is 0 Å². The molecule has 1 aliphatic rings. The summed E-state index contributed by atoms with van der Waals surface area (Å²) in [5.41, 5.74) is 0.755. The fourth-order valence-electron chi connectivity index (χ4n) is 4.35. The van der Waals surface area contributed by atoms with E-state index in [9.17, 15) is 9.90 Å². The topological polar surface area (TPSA) is 77.5 Å². The molecule has 0 radical (unpaired) electrons. The van der Waals surface area contributed by atoms with Crippen LogP contribution in [0.3, 0.4) is 0 Å². The quantitative estimate of drug-likeness (QED) is 0.549. The van der Waals surface area contributed by atoms with Gasteiger partial charge < -0.3 is 29.0 Å². The summed E-state index contributed by atoms with van der Waals surface area (Å²) < 4.78 is 22.0. The van der Waals surface area contributed by atoms with Gasteiger partial charge in [-0.15, -0.1) is 0 Å². The minimum atomic E-state index is -1.40. The molecule has 0 amide bonds. The lowest BCUT2D eigenvalue weighted by Gasteiger charge is -2.34. The van der Waals surface area contributed by atoms with Crippen LogP contribution in [0.15, 0.2) is 42.5 Å². The van der Waals surface area contributed by atoms with Gasteiger partial charge in [0.15, 0.2) is 11.5 Å². The molecule has 2 atom stereocenters. The van der Waals surface area contributed by atoms with E-state index in [1.807, 2.05) is 49.5 Å². The highest BCUT2D eigenvalue weighted by Gasteiger charge is 2.49. The number of benzene rings is 2. The van der Waals surface area contributed by atoms with Crippen molar-refractivity contribution in [1.29, 1.82) is 0 Å². The zero-order valence-electron chi connectivity index (χ0n) is 20.0. The van der Waals surface area contributed by atoms with Crippen LogP contribution in [0.2, 0.25) is 0 Å². The molecule has 0 aliphatic carbocycles. The van der Waals surface area contributed by atoms with E-state index in [0.29, 0.717) is 37.2 Å². The molecule has 1 N–H and O–H groups in total. The van der Waals surface area contributed by atoms with Gasteiger partial charge in [-0.25, -0.2) is 4.79 Å². The average molecular weight is 458 g/mol. The third-order valence-electron chi connectivity index (χ3n) is 6.34. The number of ether oxygens (including phenoxy) is 4. The number of aliphatic hydroxyl groups is 1. The largest absolute Gasteiger partial charge is 0.493 e. The Hall–Kier alpha value is -2.77. The van der Waals surface area contributed by atoms with Crippen LogP contribution in [0.4, 0.5) is 0 Å². The van der Waals surface area contributed by atoms with Gasteiger partial charge in [-0.1, -0.05) is 24.3 Å². The van der Waals surface area contributed by atoms with Gasteiger partial charge in [-0.3, -0.25) is 0 Å². The highest BCUT2D eigenvalue weighted by molar-refractivity contribution is 5.81. The maximum Gasteiger partial charge on any atom is 0.352 e. The standard InChI is InChI=1S/C26H35NO6/c1-27(17-14-19-10-12-22(30-2)23(18-19)31-3)16-7-15-26(25(29)32-4)24(28)13-11-20-8-5-6-9-21(20)33-26/h5-6,8-10,12,18,24,28H,7,11,13-17H2,1-4H3. The molecule has 7 nitrogen and oxygen atoms in total. The van der Waals surface area contributed by atoms with Crippen molar-refractivity contribution < 1.29 is 28.8 Å². The predicted octanol–water partition coefficient (Wildman–Crippen LogP) is 3.26. The maximum absolute atomic E-state index is 12.8. The second-order valence-electron chi connectivity index (χ2n) is 8.49. The van der Waals surface area contributed by atoms with Gasteiger partial charge in [0.2, 0.25) is 5.60 Å². The lowest BCUT2D eigenvalue weighted by atomic mass is 9.88. The number of esters is 1. The predicted molar refractivity (Wildman–Crippen MR) is 126 cm³/mol. The first-order chi connectivity index (χ1) is 15.9. The van der Waals surface area contributed by atoms with Gasteiger partial charge in [0.05, 0.1) is 21.3 Å². The van der Waals surface area contributed by atoms with Crippen LogP contribution >= 0.6 is 0 Å². The summed E-state index contributed by atoms with van der Waals surface area (Å²) in [5, 5.41) is 10.9. The van der Waals surface area contributed by atoms with Crippen molar-refractivity contribution in [2.45, 2.75) is 43.8 Å². The fraction of sp³-hybridized carbons (Fsp3) is 0.500. The van der Waals surface area contributed by atoms with Crippen molar-refractivity contribution in [3.63, 3.8) is 0 Å². The molecule has 180 valence electrons. The van der Waals surface area contributed by atoms with Crippen molar-refractivity contribution in [1.82, 2.24) is 4.90 Å². The third kappa shape index (κ3) is 5.78. The van der Waals surface area contributed by atoms with Crippen molar-refractivity contribution in [3.8, 4) is 17.2 Å². The molecule has 0 fully saturated rings. The van der Waals surface area contributed by atoms with Gasteiger partial charge in [-0.2, -0.15) is 0 Å². The summed E-state index contributed by atoms with van der Waals surface area (Å²) in [6, 6.07) is 13.6. The second-order valence-corrected chi connectivity index (χ2v) is 8.49. The SMILES string of the molecule is COC(=O)C1(CCCN(C)CCc2ccc(OC)c(OC)c2)Oc2ccccc2CCC1O. The van der Waals surface area contributed by atoms with Crippen molar-refractivity contribution in [2.24, 2.45) is 0 Å². The molecule has 0 aromatic heterocycles. The Balaban J connectivity index is 1.61. The Kier molecular flexibility index (Phi) is 8.58. The van der Waals surface area contributed by atoms with Crippen LogP contribution in [-0.2, 0) is 22.4 Å². The zero-order chi connectivity index (χ0) is 23.8. The van der Waals surface area contributed by atoms with Crippen LogP contribution in [0.5, 0.6) is 17.2 Å². The molecule has 2 aromatic carbocycles. The van der Waals surface area contributed by atoms with Gasteiger partial charge in [0.1, 0.15) is 11.9 Å². The number of hydrogen-bond acceptors (Lipinski definition) is 7. The van der Waals surface area contributed by atoms with Gasteiger partial charge in [-0.05, 0) is 68.6 Å². The first-order valence-electron chi connectivity index (χ1n) is 11.4. The molecule has 7 heteroatoms. The molecule has 0 saturated heterocycles. The van der Waals surface area contributed by atoms with E-state index in [2.05, 4.69) is 4.90 Å². The smallest absolute Gasteiger partial charge is 0.352 e. The number of likely N-dealkylation sites (N-methyl/N-ethyl adjacent to an activating group) is 1. The molecule has 33 heavy (non-hydrogen) atoms. The number of hydrogen-bond donors (Lipinski definition) is 1. The number of rotatable bonds is 10. The van der Waals surface area contributed by atoms with Crippen LogP contribution in [0.1, 0.15) is 30.4 Å². The normalized spacial score (nSPS) is 19.9. The number of para-hydroxylation sites is 1. The summed E-state index contributed by atoms with van der Waals surface area (Å²) in [6.07, 6.45) is 2.06. The lowest BCUT2D eigenvalue weighted by molar-refractivity contribution is -0.171. The number of carbonyl (C=O) groups excluding carboxylic acids is 1. The van der Waals surface area contributed by atoms with Crippen molar-refractivity contribution in [2.75, 3.05) is 41.5 Å². The van der Waals surface area contributed by atoms with E-state index < -0.39 is 17.7 Å². The number of carbonyl (C=O) groups is 1. The van der Waals surface area contributed by atoms with Crippen LogP contribution in [-0.4, -0.2) is 69.1 Å². The van der Waals surface area contributed by atoms with Gasteiger partial charge in [0, 0.05) is 13.0 Å². The molecule has 2 unspecified atom stereocenters. The van der Waals surface area contributed by atoms with Crippen LogP contribution in [0, 0.1) is 0 Å². The number of aliphatic hydroxyl groups excluding tert-OH is 1. The van der Waals surface area contributed by atoms with E-state index in [0.717, 1.165) is 36.4 Å². The lowest BCUT2D eigenvalue weighted by Crippen LogP contribution is -2.54. The van der Waals surface area contributed by atoms with Crippen molar-refractivity contribution >= 4 is 5.97 Å². The highest BCUT2D eigenvalue weighted by atomic mass is 16.6. The van der Waals surface area contributed by atoms with Crippen molar-refractivity contribution in [3.05, 3.63) is 53.6 Å². The Morgan fingerprint density at radius 3 is 2.61 bits per heavy atom. The number of aryl methyl sites for hydroxylation is 1. The monoisotopic (exact) mass is 457 g/mol. The number of methoxy groups -OCH3 is 3. The first-order valence-corrected chi connectivity index (χ1v) is 11.4. The Bertz CT molecular complexity index is 933. The Labute approximate surface area is 196 Å². The van der Waals surface area contributed by atoms with E-state index in [1.54, 1.807) is 14.2 Å². The van der Waals surface area contributed by atoms with Crippen LogP contribution < -0.4 is 14.2 Å². The summed E-state index contributed by atoms with van der Waals surface area (Å²) in [6.45, 7) is 1.59. The van der Waals surface area contributed by atoms with E-state index in [-0.39, 0.29) is 0 Å². The van der Waals surface area contributed by atoms with E-state index in [4.69, 9.17) is 18.9 Å². The minimum absolute atomic E-state index is 0.371. The van der Waals surface area contributed by atoms with E-state index in [1.165, 1.54) is 7.11 Å². The number of fused-ring (bicyclic) bond motifs is 1. The molecule has 1 heterocycles. The zero-order valence-corrected chi connectivity index (χ0v) is 20.0. The fourth-order valence-corrected chi connectivity index (χ4v) is 4.35. The molecule has 1 aliphatic heterocycles. The molecule has 3 rings (SSSR count). The maximum atomic E-state index is 12.8. The molecular formula is C26H35NO6. The summed E-state index contributed by atoms with van der Waals surface area (Å²) in [7, 11) is 6.64. The van der Waals surface area contributed by atoms with Gasteiger partial charge >= 0.3 is 5.97 Å². The number of nitrogens with zero attached hydrogens (tertiary/aromatic N) is 1. The minimum Gasteiger partial charge on any atom is -0.493 e. The summed E-state index contributed by atoms with van der Waals surface area (Å²) in [4.78, 5) is 15.0. The van der Waals surface area contributed by atoms with E-state index >= 15 is 0 Å². The third-order valence-corrected chi connectivity index (χ3v) is 6.34. The molecular weight excluding hydrogens is 422 g/mol. The first kappa shape index (κ1) is 24.9. The average Bonchev–Trinajstić information content (AvgIpc) is 2.99. The summed E-state index contributed by atoms with van der Waals surface area (Å²) >= 11 is 0. The molecule has 0 spiro atoms. The second kappa shape index (κ2) is 11.4. The molecule has 0 bridgehead atoms. The Morgan fingerprint density at radius 1 is 1.12 bits per heavy atom.